The van der Waals surface area contributed by atoms with Gasteiger partial charge in [-0.2, -0.15) is 0 Å². The Morgan fingerprint density at radius 1 is 0.783 bits per heavy atom. The molecule has 114 valence electrons. The quantitative estimate of drug-likeness (QED) is 0.709. The molecule has 0 radical (unpaired) electrons. The minimum atomic E-state index is -0.280. The predicted molar refractivity (Wildman–Crippen MR) is 89.8 cm³/mol. The number of phenolic OH excluding ortho intramolecular Hbond substituents is 2. The van der Waals surface area contributed by atoms with Gasteiger partial charge in [-0.15, -0.1) is 0 Å². The van der Waals surface area contributed by atoms with Crippen LogP contribution in [0.1, 0.15) is 21.5 Å². The second kappa shape index (κ2) is 5.97. The largest absolute Gasteiger partial charge is 0.508 e. The van der Waals surface area contributed by atoms with Crippen LogP contribution in [-0.4, -0.2) is 16.0 Å². The minimum absolute atomic E-state index is 0.0752. The van der Waals surface area contributed by atoms with Gasteiger partial charge in [-0.3, -0.25) is 4.79 Å². The van der Waals surface area contributed by atoms with Crippen molar-refractivity contribution in [3.05, 3.63) is 83.4 Å². The van der Waals surface area contributed by atoms with Crippen molar-refractivity contribution in [3.63, 3.8) is 0 Å². The highest BCUT2D eigenvalue weighted by Gasteiger charge is 2.14. The van der Waals surface area contributed by atoms with E-state index in [0.717, 1.165) is 17.2 Å². The third kappa shape index (κ3) is 3.09. The summed E-state index contributed by atoms with van der Waals surface area (Å²) in [6, 6.07) is 19.4. The molecule has 0 spiro atoms. The Kier molecular flexibility index (Phi) is 3.85. The van der Waals surface area contributed by atoms with Gasteiger partial charge in [0, 0.05) is 11.6 Å². The molecule has 0 heterocycles. The SMILES string of the molecule is Cc1ccc(-c2ccc(C(=O)c3ccc(O)cc3O)cc2)cc1. The van der Waals surface area contributed by atoms with Crippen molar-refractivity contribution in [2.24, 2.45) is 0 Å². The summed E-state index contributed by atoms with van der Waals surface area (Å²) in [5.41, 5.74) is 3.97. The van der Waals surface area contributed by atoms with Gasteiger partial charge in [-0.05, 0) is 30.2 Å². The Morgan fingerprint density at radius 3 is 1.91 bits per heavy atom. The fourth-order valence-electron chi connectivity index (χ4n) is 2.43. The van der Waals surface area contributed by atoms with E-state index >= 15 is 0 Å². The Bertz CT molecular complexity index is 847. The summed E-state index contributed by atoms with van der Waals surface area (Å²) in [4.78, 5) is 12.4. The zero-order valence-electron chi connectivity index (χ0n) is 12.7. The third-order valence-corrected chi connectivity index (χ3v) is 3.76. The zero-order chi connectivity index (χ0) is 16.4. The lowest BCUT2D eigenvalue weighted by molar-refractivity contribution is 0.103. The highest BCUT2D eigenvalue weighted by Crippen LogP contribution is 2.26. The van der Waals surface area contributed by atoms with Gasteiger partial charge in [0.15, 0.2) is 5.78 Å². The monoisotopic (exact) mass is 304 g/mol. The molecule has 0 saturated heterocycles. The van der Waals surface area contributed by atoms with Gasteiger partial charge in [-0.25, -0.2) is 0 Å². The highest BCUT2D eigenvalue weighted by atomic mass is 16.3. The van der Waals surface area contributed by atoms with Crippen molar-refractivity contribution in [1.29, 1.82) is 0 Å². The number of aryl methyl sites for hydroxylation is 1. The lowest BCUT2D eigenvalue weighted by Crippen LogP contribution is -2.01. The maximum Gasteiger partial charge on any atom is 0.196 e. The van der Waals surface area contributed by atoms with Crippen molar-refractivity contribution in [2.75, 3.05) is 0 Å². The van der Waals surface area contributed by atoms with Crippen LogP contribution in [0.2, 0.25) is 0 Å². The first-order valence-corrected chi connectivity index (χ1v) is 7.28. The summed E-state index contributed by atoms with van der Waals surface area (Å²) < 4.78 is 0. The second-order valence-corrected chi connectivity index (χ2v) is 5.47. The van der Waals surface area contributed by atoms with Crippen LogP contribution in [0.15, 0.2) is 66.7 Å². The lowest BCUT2D eigenvalue weighted by Gasteiger charge is -2.06. The molecule has 2 N–H and O–H groups in total. The van der Waals surface area contributed by atoms with E-state index in [4.69, 9.17) is 0 Å². The average molecular weight is 304 g/mol. The average Bonchev–Trinajstić information content (AvgIpc) is 2.55. The fourth-order valence-corrected chi connectivity index (χ4v) is 2.43. The molecule has 3 nitrogen and oxygen atoms in total. The first kappa shape index (κ1) is 14.9. The number of rotatable bonds is 3. The standard InChI is InChI=1S/C20H16O3/c1-13-2-4-14(5-3-13)15-6-8-16(9-7-15)20(23)18-11-10-17(21)12-19(18)22/h2-12,21-22H,1H3. The predicted octanol–water partition coefficient (Wildman–Crippen LogP) is 4.30. The van der Waals surface area contributed by atoms with Gasteiger partial charge in [0.1, 0.15) is 11.5 Å². The van der Waals surface area contributed by atoms with E-state index in [2.05, 4.69) is 0 Å². The summed E-state index contributed by atoms with van der Waals surface area (Å²) in [5.74, 6) is -0.579. The summed E-state index contributed by atoms with van der Waals surface area (Å²) >= 11 is 0. The molecular formula is C20H16O3. The van der Waals surface area contributed by atoms with E-state index in [-0.39, 0.29) is 22.8 Å². The van der Waals surface area contributed by atoms with Crippen molar-refractivity contribution >= 4 is 5.78 Å². The molecule has 3 aromatic rings. The number of carbonyl (C=O) groups is 1. The van der Waals surface area contributed by atoms with Crippen molar-refractivity contribution in [3.8, 4) is 22.6 Å². The molecule has 0 atom stereocenters. The topological polar surface area (TPSA) is 57.5 Å². The number of carbonyl (C=O) groups excluding carboxylic acids is 1. The van der Waals surface area contributed by atoms with Gasteiger partial charge in [0.25, 0.3) is 0 Å². The number of benzene rings is 3. The Hall–Kier alpha value is -3.07. The summed E-state index contributed by atoms with van der Waals surface area (Å²) in [6.45, 7) is 2.04. The number of hydrogen-bond donors (Lipinski definition) is 2. The molecule has 0 unspecified atom stereocenters. The maximum absolute atomic E-state index is 12.4. The van der Waals surface area contributed by atoms with Crippen LogP contribution in [-0.2, 0) is 0 Å². The lowest BCUT2D eigenvalue weighted by atomic mass is 9.98. The summed E-state index contributed by atoms with van der Waals surface area (Å²) in [5, 5.41) is 19.1. The molecule has 3 aromatic carbocycles. The molecular weight excluding hydrogens is 288 g/mol. The van der Waals surface area contributed by atoms with Crippen LogP contribution in [0.3, 0.4) is 0 Å². The zero-order valence-corrected chi connectivity index (χ0v) is 12.7. The van der Waals surface area contributed by atoms with E-state index in [0.29, 0.717) is 5.56 Å². The number of phenols is 2. The summed E-state index contributed by atoms with van der Waals surface area (Å²) in [6.07, 6.45) is 0. The number of hydrogen-bond acceptors (Lipinski definition) is 3. The van der Waals surface area contributed by atoms with Crippen LogP contribution in [0.25, 0.3) is 11.1 Å². The molecule has 0 bridgehead atoms. The second-order valence-electron chi connectivity index (χ2n) is 5.47. The molecule has 3 rings (SSSR count). The van der Waals surface area contributed by atoms with Crippen molar-refractivity contribution < 1.29 is 15.0 Å². The van der Waals surface area contributed by atoms with Gasteiger partial charge in [0.2, 0.25) is 0 Å². The molecule has 0 aliphatic rings. The normalized spacial score (nSPS) is 10.5. The van der Waals surface area contributed by atoms with E-state index in [1.165, 1.54) is 17.7 Å². The van der Waals surface area contributed by atoms with Crippen LogP contribution < -0.4 is 0 Å². The fraction of sp³-hybridized carbons (Fsp3) is 0.0500. The molecule has 23 heavy (non-hydrogen) atoms. The third-order valence-electron chi connectivity index (χ3n) is 3.76. The first-order valence-electron chi connectivity index (χ1n) is 7.28. The van der Waals surface area contributed by atoms with Crippen LogP contribution in [0.5, 0.6) is 11.5 Å². The number of ketones is 1. The molecule has 0 aliphatic carbocycles. The Morgan fingerprint density at radius 2 is 1.35 bits per heavy atom. The van der Waals surface area contributed by atoms with Gasteiger partial charge in [0.05, 0.1) is 5.56 Å². The smallest absolute Gasteiger partial charge is 0.196 e. The number of aromatic hydroxyl groups is 2. The van der Waals surface area contributed by atoms with Gasteiger partial charge < -0.3 is 10.2 Å². The van der Waals surface area contributed by atoms with E-state index in [1.54, 1.807) is 12.1 Å². The highest BCUT2D eigenvalue weighted by molar-refractivity contribution is 6.10. The van der Waals surface area contributed by atoms with Crippen LogP contribution >= 0.6 is 0 Å². The van der Waals surface area contributed by atoms with E-state index in [9.17, 15) is 15.0 Å². The minimum Gasteiger partial charge on any atom is -0.508 e. The summed E-state index contributed by atoms with van der Waals surface area (Å²) in [7, 11) is 0. The molecule has 0 aliphatic heterocycles. The first-order chi connectivity index (χ1) is 11.0. The van der Waals surface area contributed by atoms with E-state index < -0.39 is 0 Å². The molecule has 0 aromatic heterocycles. The Balaban J connectivity index is 1.89. The van der Waals surface area contributed by atoms with Crippen LogP contribution in [0, 0.1) is 6.92 Å². The molecule has 0 saturated carbocycles. The van der Waals surface area contributed by atoms with Gasteiger partial charge in [-0.1, -0.05) is 54.1 Å². The van der Waals surface area contributed by atoms with Crippen LogP contribution in [0.4, 0.5) is 0 Å². The van der Waals surface area contributed by atoms with Crippen molar-refractivity contribution in [1.82, 2.24) is 0 Å². The Labute approximate surface area is 134 Å². The van der Waals surface area contributed by atoms with Crippen molar-refractivity contribution in [2.45, 2.75) is 6.92 Å². The molecule has 0 amide bonds. The van der Waals surface area contributed by atoms with Gasteiger partial charge >= 0.3 is 0 Å². The maximum atomic E-state index is 12.4. The molecule has 0 fully saturated rings. The molecule has 3 heteroatoms. The van der Waals surface area contributed by atoms with E-state index in [1.807, 2.05) is 43.3 Å².